The minimum atomic E-state index is -0.287. The Hall–Kier alpha value is -2.82. The summed E-state index contributed by atoms with van der Waals surface area (Å²) in [6.45, 7) is 0. The Labute approximate surface area is 121 Å². The molecule has 1 aromatic carbocycles. The van der Waals surface area contributed by atoms with Gasteiger partial charge in [-0.05, 0) is 36.4 Å². The lowest BCUT2D eigenvalue weighted by Crippen LogP contribution is -1.97. The molecule has 5 heteroatoms. The van der Waals surface area contributed by atoms with Crippen molar-refractivity contribution in [3.63, 3.8) is 0 Å². The summed E-state index contributed by atoms with van der Waals surface area (Å²) in [5, 5.41) is 0. The third-order valence-electron chi connectivity index (χ3n) is 2.95. The average Bonchev–Trinajstić information content (AvgIpc) is 2.56. The molecule has 2 heterocycles. The van der Waals surface area contributed by atoms with Crippen LogP contribution in [0.1, 0.15) is 0 Å². The smallest absolute Gasteiger partial charge is 0.217 e. The molecule has 0 unspecified atom stereocenters. The van der Waals surface area contributed by atoms with Crippen molar-refractivity contribution in [1.82, 2.24) is 15.0 Å². The highest BCUT2D eigenvalue weighted by Crippen LogP contribution is 2.24. The minimum Gasteiger partial charge on any atom is -0.481 e. The van der Waals surface area contributed by atoms with Gasteiger partial charge in [-0.1, -0.05) is 6.07 Å². The van der Waals surface area contributed by atoms with Crippen molar-refractivity contribution in [2.24, 2.45) is 0 Å². The predicted octanol–water partition coefficient (Wildman–Crippen LogP) is 3.35. The molecule has 0 N–H and O–H groups in total. The molecule has 0 radical (unpaired) electrons. The number of benzene rings is 1. The molecule has 3 aromatic rings. The van der Waals surface area contributed by atoms with E-state index in [9.17, 15) is 4.39 Å². The molecule has 0 aliphatic carbocycles. The summed E-state index contributed by atoms with van der Waals surface area (Å²) in [4.78, 5) is 13.0. The normalized spacial score (nSPS) is 10.4. The molecule has 0 atom stereocenters. The van der Waals surface area contributed by atoms with Gasteiger partial charge in [-0.3, -0.25) is 4.98 Å². The summed E-state index contributed by atoms with van der Waals surface area (Å²) < 4.78 is 18.2. The summed E-state index contributed by atoms with van der Waals surface area (Å²) in [6.07, 6.45) is 1.68. The molecule has 104 valence electrons. The number of rotatable bonds is 3. The number of hydrogen-bond donors (Lipinski definition) is 0. The molecule has 21 heavy (non-hydrogen) atoms. The molecule has 0 fully saturated rings. The fourth-order valence-corrected chi connectivity index (χ4v) is 1.91. The van der Waals surface area contributed by atoms with Crippen molar-refractivity contribution in [3.05, 3.63) is 60.5 Å². The number of nitrogens with zero attached hydrogens (tertiary/aromatic N) is 3. The Morgan fingerprint density at radius 2 is 1.76 bits per heavy atom. The van der Waals surface area contributed by atoms with Crippen LogP contribution in [0.15, 0.2) is 54.7 Å². The highest BCUT2D eigenvalue weighted by molar-refractivity contribution is 5.63. The number of ether oxygens (including phenoxy) is 1. The first-order valence-electron chi connectivity index (χ1n) is 6.36. The monoisotopic (exact) mass is 281 g/mol. The van der Waals surface area contributed by atoms with Crippen LogP contribution in [0.4, 0.5) is 4.39 Å². The minimum absolute atomic E-state index is 0.287. The molecule has 0 saturated heterocycles. The maximum Gasteiger partial charge on any atom is 0.217 e. The first-order valence-corrected chi connectivity index (χ1v) is 6.36. The molecule has 0 aliphatic heterocycles. The van der Waals surface area contributed by atoms with Gasteiger partial charge in [0.2, 0.25) is 5.88 Å². The van der Waals surface area contributed by atoms with Crippen LogP contribution in [0.3, 0.4) is 0 Å². The number of aromatic nitrogens is 3. The van der Waals surface area contributed by atoms with E-state index in [0.29, 0.717) is 23.1 Å². The van der Waals surface area contributed by atoms with Crippen LogP contribution in [-0.2, 0) is 0 Å². The number of halogens is 1. The summed E-state index contributed by atoms with van der Waals surface area (Å²) in [6, 6.07) is 13.3. The zero-order valence-electron chi connectivity index (χ0n) is 11.3. The Kier molecular flexibility index (Phi) is 3.55. The van der Waals surface area contributed by atoms with Crippen molar-refractivity contribution in [2.75, 3.05) is 7.11 Å². The van der Waals surface area contributed by atoms with Gasteiger partial charge < -0.3 is 4.74 Å². The third kappa shape index (κ3) is 2.86. The van der Waals surface area contributed by atoms with E-state index in [1.807, 2.05) is 18.2 Å². The van der Waals surface area contributed by atoms with Gasteiger partial charge in [-0.25, -0.2) is 9.37 Å². The molecule has 0 saturated carbocycles. The van der Waals surface area contributed by atoms with Crippen LogP contribution in [0.5, 0.6) is 5.88 Å². The maximum atomic E-state index is 13.0. The van der Waals surface area contributed by atoms with Crippen molar-refractivity contribution >= 4 is 0 Å². The summed E-state index contributed by atoms with van der Waals surface area (Å²) in [7, 11) is 1.54. The number of pyridine rings is 1. The molecule has 3 rings (SSSR count). The lowest BCUT2D eigenvalue weighted by atomic mass is 10.1. The Morgan fingerprint density at radius 3 is 2.43 bits per heavy atom. The maximum absolute atomic E-state index is 13.0. The van der Waals surface area contributed by atoms with E-state index in [2.05, 4.69) is 15.0 Å². The Bertz CT molecular complexity index is 745. The van der Waals surface area contributed by atoms with Crippen LogP contribution < -0.4 is 4.74 Å². The first-order chi connectivity index (χ1) is 10.3. The average molecular weight is 281 g/mol. The zero-order valence-corrected chi connectivity index (χ0v) is 11.3. The summed E-state index contributed by atoms with van der Waals surface area (Å²) >= 11 is 0. The molecule has 4 nitrogen and oxygen atoms in total. The standard InChI is InChI=1S/C16H12FN3O/c1-21-15-10-14(11-5-7-12(17)8-6-11)19-16(20-15)13-4-2-3-9-18-13/h2-10H,1H3. The molecule has 0 aliphatic rings. The van der Waals surface area contributed by atoms with Crippen LogP contribution in [-0.4, -0.2) is 22.1 Å². The Balaban J connectivity index is 2.11. The second-order valence-electron chi connectivity index (χ2n) is 4.34. The number of hydrogen-bond acceptors (Lipinski definition) is 4. The fourth-order valence-electron chi connectivity index (χ4n) is 1.91. The van der Waals surface area contributed by atoms with E-state index < -0.39 is 0 Å². The van der Waals surface area contributed by atoms with Crippen LogP contribution in [0, 0.1) is 5.82 Å². The van der Waals surface area contributed by atoms with E-state index in [0.717, 1.165) is 5.56 Å². The molecular formula is C16H12FN3O. The van der Waals surface area contributed by atoms with E-state index in [1.165, 1.54) is 12.1 Å². The highest BCUT2D eigenvalue weighted by Gasteiger charge is 2.09. The van der Waals surface area contributed by atoms with Crippen LogP contribution in [0.2, 0.25) is 0 Å². The van der Waals surface area contributed by atoms with Crippen molar-refractivity contribution < 1.29 is 9.13 Å². The second-order valence-corrected chi connectivity index (χ2v) is 4.34. The summed E-state index contributed by atoms with van der Waals surface area (Å²) in [5.41, 5.74) is 2.09. The molecule has 0 amide bonds. The zero-order chi connectivity index (χ0) is 14.7. The highest BCUT2D eigenvalue weighted by atomic mass is 19.1. The van der Waals surface area contributed by atoms with Crippen molar-refractivity contribution in [2.45, 2.75) is 0 Å². The molecule has 0 bridgehead atoms. The lowest BCUT2D eigenvalue weighted by Gasteiger charge is -2.07. The SMILES string of the molecule is COc1cc(-c2ccc(F)cc2)nc(-c2ccccn2)n1. The van der Waals surface area contributed by atoms with Gasteiger partial charge in [0.15, 0.2) is 5.82 Å². The van der Waals surface area contributed by atoms with E-state index in [1.54, 1.807) is 31.5 Å². The van der Waals surface area contributed by atoms with Gasteiger partial charge in [0.1, 0.15) is 11.5 Å². The van der Waals surface area contributed by atoms with Gasteiger partial charge in [0, 0.05) is 17.8 Å². The first kappa shape index (κ1) is 13.2. The van der Waals surface area contributed by atoms with Gasteiger partial charge in [0.25, 0.3) is 0 Å². The molecule has 2 aromatic heterocycles. The Morgan fingerprint density at radius 1 is 0.952 bits per heavy atom. The third-order valence-corrected chi connectivity index (χ3v) is 2.95. The summed E-state index contributed by atoms with van der Waals surface area (Å²) in [5.74, 6) is 0.615. The number of methoxy groups -OCH3 is 1. The van der Waals surface area contributed by atoms with E-state index in [-0.39, 0.29) is 5.82 Å². The van der Waals surface area contributed by atoms with Gasteiger partial charge in [0.05, 0.1) is 12.8 Å². The van der Waals surface area contributed by atoms with Gasteiger partial charge in [-0.15, -0.1) is 0 Å². The second kappa shape index (κ2) is 5.66. The van der Waals surface area contributed by atoms with E-state index >= 15 is 0 Å². The van der Waals surface area contributed by atoms with E-state index in [4.69, 9.17) is 4.74 Å². The quantitative estimate of drug-likeness (QED) is 0.738. The topological polar surface area (TPSA) is 47.9 Å². The van der Waals surface area contributed by atoms with Crippen LogP contribution in [0.25, 0.3) is 22.8 Å². The van der Waals surface area contributed by atoms with Crippen molar-refractivity contribution in [1.29, 1.82) is 0 Å². The largest absolute Gasteiger partial charge is 0.481 e. The molecular weight excluding hydrogens is 269 g/mol. The van der Waals surface area contributed by atoms with Crippen LogP contribution >= 0.6 is 0 Å². The van der Waals surface area contributed by atoms with Gasteiger partial charge >= 0.3 is 0 Å². The lowest BCUT2D eigenvalue weighted by molar-refractivity contribution is 0.397. The fraction of sp³-hybridized carbons (Fsp3) is 0.0625. The predicted molar refractivity (Wildman–Crippen MR) is 77.2 cm³/mol. The van der Waals surface area contributed by atoms with Gasteiger partial charge in [-0.2, -0.15) is 4.98 Å². The van der Waals surface area contributed by atoms with Crippen molar-refractivity contribution in [3.8, 4) is 28.7 Å². The molecule has 0 spiro atoms.